The van der Waals surface area contributed by atoms with Crippen molar-refractivity contribution in [3.05, 3.63) is 89.5 Å². The predicted molar refractivity (Wildman–Crippen MR) is 157 cm³/mol. The molecule has 0 aliphatic rings. The highest BCUT2D eigenvalue weighted by Crippen LogP contribution is 2.34. The summed E-state index contributed by atoms with van der Waals surface area (Å²) in [6.07, 6.45) is 4.45. The Morgan fingerprint density at radius 1 is 0.459 bits per heavy atom. The molecule has 0 amide bonds. The van der Waals surface area contributed by atoms with E-state index < -0.39 is 0 Å². The number of nitrogens with zero attached hydrogens (tertiary/aromatic N) is 3. The Labute approximate surface area is 223 Å². The zero-order valence-corrected chi connectivity index (χ0v) is 23.6. The lowest BCUT2D eigenvalue weighted by Crippen LogP contribution is -2.19. The van der Waals surface area contributed by atoms with Crippen LogP contribution in [0.3, 0.4) is 0 Å². The SMILES string of the molecule is CCC(C)(CC)c1ccc(-c2nc(-c3ccc(C)cc3)nc(-c3ccc(C(C)(CC)CC)cc3)n2)cc1. The van der Waals surface area contributed by atoms with Crippen molar-refractivity contribution in [1.29, 1.82) is 0 Å². The molecular formula is C34H41N3. The molecule has 0 aliphatic carbocycles. The van der Waals surface area contributed by atoms with Crippen LogP contribution >= 0.6 is 0 Å². The Hall–Kier alpha value is -3.33. The van der Waals surface area contributed by atoms with E-state index in [1.807, 2.05) is 0 Å². The number of hydrogen-bond donors (Lipinski definition) is 0. The van der Waals surface area contributed by atoms with Crippen molar-refractivity contribution in [2.24, 2.45) is 0 Å². The van der Waals surface area contributed by atoms with Crippen LogP contribution in [0.2, 0.25) is 0 Å². The molecule has 1 heterocycles. The number of rotatable bonds is 9. The third kappa shape index (κ3) is 5.51. The second-order valence-corrected chi connectivity index (χ2v) is 10.9. The summed E-state index contributed by atoms with van der Waals surface area (Å²) in [5.74, 6) is 2.11. The van der Waals surface area contributed by atoms with Crippen molar-refractivity contribution in [2.75, 3.05) is 0 Å². The van der Waals surface area contributed by atoms with E-state index in [9.17, 15) is 0 Å². The molecule has 1 aromatic heterocycles. The first-order chi connectivity index (χ1) is 17.7. The first-order valence-electron chi connectivity index (χ1n) is 13.8. The molecule has 0 radical (unpaired) electrons. The van der Waals surface area contributed by atoms with E-state index in [2.05, 4.69) is 121 Å². The van der Waals surface area contributed by atoms with Gasteiger partial charge < -0.3 is 0 Å². The minimum Gasteiger partial charge on any atom is -0.208 e. The van der Waals surface area contributed by atoms with E-state index >= 15 is 0 Å². The van der Waals surface area contributed by atoms with Crippen LogP contribution in [0.4, 0.5) is 0 Å². The normalized spacial score (nSPS) is 12.1. The zero-order chi connectivity index (χ0) is 26.6. The van der Waals surface area contributed by atoms with Gasteiger partial charge in [-0.15, -0.1) is 0 Å². The van der Waals surface area contributed by atoms with Crippen LogP contribution in [0.5, 0.6) is 0 Å². The van der Waals surface area contributed by atoms with Gasteiger partial charge in [0.1, 0.15) is 0 Å². The number of benzene rings is 3. The predicted octanol–water partition coefficient (Wildman–Crippen LogP) is 9.34. The van der Waals surface area contributed by atoms with Gasteiger partial charge in [0.15, 0.2) is 17.5 Å². The topological polar surface area (TPSA) is 38.7 Å². The number of aryl methyl sites for hydroxylation is 1. The zero-order valence-electron chi connectivity index (χ0n) is 23.6. The van der Waals surface area contributed by atoms with Gasteiger partial charge in [0.05, 0.1) is 0 Å². The van der Waals surface area contributed by atoms with Crippen LogP contribution in [0.15, 0.2) is 72.8 Å². The van der Waals surface area contributed by atoms with Crippen LogP contribution in [0.1, 0.15) is 83.9 Å². The average molecular weight is 492 g/mol. The van der Waals surface area contributed by atoms with Gasteiger partial charge in [-0.3, -0.25) is 0 Å². The molecule has 0 saturated heterocycles. The highest BCUT2D eigenvalue weighted by atomic mass is 15.0. The Balaban J connectivity index is 1.80. The van der Waals surface area contributed by atoms with Crippen molar-refractivity contribution in [2.45, 2.75) is 85.0 Å². The van der Waals surface area contributed by atoms with Crippen molar-refractivity contribution < 1.29 is 0 Å². The highest BCUT2D eigenvalue weighted by molar-refractivity contribution is 5.67. The fourth-order valence-electron chi connectivity index (χ4n) is 4.83. The molecule has 0 N–H and O–H groups in total. The molecule has 0 aliphatic heterocycles. The second-order valence-electron chi connectivity index (χ2n) is 10.9. The highest BCUT2D eigenvalue weighted by Gasteiger charge is 2.23. The molecule has 0 fully saturated rings. The Morgan fingerprint density at radius 3 is 1.00 bits per heavy atom. The smallest absolute Gasteiger partial charge is 0.164 e. The van der Waals surface area contributed by atoms with Gasteiger partial charge in [0.2, 0.25) is 0 Å². The molecule has 3 heteroatoms. The number of aromatic nitrogens is 3. The molecule has 0 saturated carbocycles. The van der Waals surface area contributed by atoms with E-state index in [1.165, 1.54) is 16.7 Å². The van der Waals surface area contributed by atoms with Crippen molar-refractivity contribution in [3.8, 4) is 34.2 Å². The van der Waals surface area contributed by atoms with Crippen molar-refractivity contribution in [3.63, 3.8) is 0 Å². The summed E-state index contributed by atoms with van der Waals surface area (Å²) in [5, 5.41) is 0. The number of hydrogen-bond acceptors (Lipinski definition) is 3. The maximum absolute atomic E-state index is 4.96. The first-order valence-corrected chi connectivity index (χ1v) is 13.8. The van der Waals surface area contributed by atoms with Gasteiger partial charge in [-0.05, 0) is 54.6 Å². The van der Waals surface area contributed by atoms with Crippen LogP contribution in [-0.2, 0) is 10.8 Å². The summed E-state index contributed by atoms with van der Waals surface area (Å²) < 4.78 is 0. The van der Waals surface area contributed by atoms with Crippen molar-refractivity contribution >= 4 is 0 Å². The van der Waals surface area contributed by atoms with Gasteiger partial charge in [0.25, 0.3) is 0 Å². The minimum absolute atomic E-state index is 0.184. The van der Waals surface area contributed by atoms with Crippen LogP contribution in [0.25, 0.3) is 34.2 Å². The van der Waals surface area contributed by atoms with Crippen LogP contribution < -0.4 is 0 Å². The molecule has 3 aromatic carbocycles. The lowest BCUT2D eigenvalue weighted by atomic mass is 9.78. The molecular weight excluding hydrogens is 450 g/mol. The van der Waals surface area contributed by atoms with E-state index in [4.69, 9.17) is 15.0 Å². The summed E-state index contributed by atoms with van der Waals surface area (Å²) in [6.45, 7) is 15.8. The quantitative estimate of drug-likeness (QED) is 0.234. The summed E-state index contributed by atoms with van der Waals surface area (Å²) in [5.41, 5.74) is 7.33. The third-order valence-corrected chi connectivity index (χ3v) is 8.75. The van der Waals surface area contributed by atoms with Gasteiger partial charge in [-0.1, -0.05) is 120 Å². The van der Waals surface area contributed by atoms with E-state index in [0.29, 0.717) is 17.5 Å². The minimum atomic E-state index is 0.184. The third-order valence-electron chi connectivity index (χ3n) is 8.75. The average Bonchev–Trinajstić information content (AvgIpc) is 2.96. The Kier molecular flexibility index (Phi) is 7.92. The summed E-state index contributed by atoms with van der Waals surface area (Å²) in [6, 6.07) is 26.0. The van der Waals surface area contributed by atoms with Crippen LogP contribution in [0, 0.1) is 6.92 Å². The molecule has 0 atom stereocenters. The van der Waals surface area contributed by atoms with Crippen LogP contribution in [-0.4, -0.2) is 15.0 Å². The molecule has 3 nitrogen and oxygen atoms in total. The van der Waals surface area contributed by atoms with Gasteiger partial charge in [-0.25, -0.2) is 15.0 Å². The first kappa shape index (κ1) is 26.7. The fourth-order valence-corrected chi connectivity index (χ4v) is 4.83. The van der Waals surface area contributed by atoms with Gasteiger partial charge >= 0.3 is 0 Å². The standard InChI is InChI=1S/C34H41N3/c1-8-33(6,9-2)28-20-16-26(17-21-28)31-35-30(25-14-12-24(5)13-15-25)36-32(37-31)27-18-22-29(23-19-27)34(7,10-3)11-4/h12-23H,8-11H2,1-7H3. The molecule has 0 spiro atoms. The molecule has 37 heavy (non-hydrogen) atoms. The maximum atomic E-state index is 4.96. The van der Waals surface area contributed by atoms with Gasteiger partial charge in [-0.2, -0.15) is 0 Å². The Morgan fingerprint density at radius 2 is 0.730 bits per heavy atom. The lowest BCUT2D eigenvalue weighted by molar-refractivity contribution is 0.439. The Bertz CT molecular complexity index is 1230. The maximum Gasteiger partial charge on any atom is 0.164 e. The molecule has 4 aromatic rings. The molecule has 0 unspecified atom stereocenters. The van der Waals surface area contributed by atoms with E-state index in [1.54, 1.807) is 0 Å². The summed E-state index contributed by atoms with van der Waals surface area (Å²) in [4.78, 5) is 14.8. The van der Waals surface area contributed by atoms with Gasteiger partial charge in [0, 0.05) is 16.7 Å². The summed E-state index contributed by atoms with van der Waals surface area (Å²) in [7, 11) is 0. The van der Waals surface area contributed by atoms with E-state index in [0.717, 1.165) is 42.4 Å². The molecule has 0 bridgehead atoms. The largest absolute Gasteiger partial charge is 0.208 e. The molecule has 192 valence electrons. The molecule has 4 rings (SSSR count). The lowest BCUT2D eigenvalue weighted by Gasteiger charge is -2.27. The van der Waals surface area contributed by atoms with E-state index in [-0.39, 0.29) is 10.8 Å². The monoisotopic (exact) mass is 491 g/mol. The fraction of sp³-hybridized carbons (Fsp3) is 0.382. The van der Waals surface area contributed by atoms with Crippen molar-refractivity contribution in [1.82, 2.24) is 15.0 Å². The second kappa shape index (κ2) is 11.0. The summed E-state index contributed by atoms with van der Waals surface area (Å²) >= 11 is 0.